The summed E-state index contributed by atoms with van der Waals surface area (Å²) in [6, 6.07) is 27.5. The molecule has 7 rings (SSSR count). The lowest BCUT2D eigenvalue weighted by molar-refractivity contribution is 0.0365. The molecular weight excluding hydrogens is 444 g/mol. The van der Waals surface area contributed by atoms with Crippen molar-refractivity contribution in [3.05, 3.63) is 95.7 Å². The van der Waals surface area contributed by atoms with Crippen LogP contribution in [0.1, 0.15) is 21.6 Å². The normalized spacial score (nSPS) is 15.0. The van der Waals surface area contributed by atoms with E-state index in [1.165, 1.54) is 26.9 Å². The Kier molecular flexibility index (Phi) is 5.05. The first-order valence-electron chi connectivity index (χ1n) is 12.8. The van der Waals surface area contributed by atoms with Crippen LogP contribution < -0.4 is 0 Å². The number of ketones is 1. The monoisotopic (exact) mass is 472 g/mol. The maximum absolute atomic E-state index is 14.3. The summed E-state index contributed by atoms with van der Waals surface area (Å²) in [7, 11) is 0. The molecule has 36 heavy (non-hydrogen) atoms. The topological polar surface area (TPSA) is 34.5 Å². The van der Waals surface area contributed by atoms with Gasteiger partial charge in [0.15, 0.2) is 5.78 Å². The Balaban J connectivity index is 1.37. The molecule has 1 aromatic heterocycles. The lowest BCUT2D eigenvalue weighted by atomic mass is 9.89. The van der Waals surface area contributed by atoms with Crippen LogP contribution in [0.3, 0.4) is 0 Å². The highest BCUT2D eigenvalue weighted by Crippen LogP contribution is 2.37. The van der Waals surface area contributed by atoms with Gasteiger partial charge < -0.3 is 9.30 Å². The van der Waals surface area contributed by atoms with Gasteiger partial charge in [-0.25, -0.2) is 0 Å². The molecule has 0 atom stereocenters. The number of hydrogen-bond acceptors (Lipinski definition) is 3. The molecule has 0 amide bonds. The van der Waals surface area contributed by atoms with E-state index in [9.17, 15) is 4.79 Å². The first-order chi connectivity index (χ1) is 17.7. The fourth-order valence-electron chi connectivity index (χ4n) is 6.14. The van der Waals surface area contributed by atoms with Crippen LogP contribution >= 0.6 is 0 Å². The third-order valence-corrected chi connectivity index (χ3v) is 7.97. The molecule has 1 fully saturated rings. The van der Waals surface area contributed by atoms with Crippen LogP contribution in [0.2, 0.25) is 0 Å². The van der Waals surface area contributed by atoms with Gasteiger partial charge in [0.25, 0.3) is 0 Å². The van der Waals surface area contributed by atoms with Crippen LogP contribution in [0.15, 0.2) is 78.9 Å². The first-order valence-corrected chi connectivity index (χ1v) is 12.8. The van der Waals surface area contributed by atoms with E-state index >= 15 is 0 Å². The summed E-state index contributed by atoms with van der Waals surface area (Å²) in [5.41, 5.74) is 3.77. The zero-order valence-electron chi connectivity index (χ0n) is 20.5. The minimum Gasteiger partial charge on any atom is -0.379 e. The van der Waals surface area contributed by atoms with Crippen LogP contribution in [-0.4, -0.2) is 48.1 Å². The highest BCUT2D eigenvalue weighted by atomic mass is 16.5. The highest BCUT2D eigenvalue weighted by Gasteiger charge is 2.24. The highest BCUT2D eigenvalue weighted by molar-refractivity contribution is 6.29. The minimum absolute atomic E-state index is 0.103. The molecule has 1 saturated heterocycles. The van der Waals surface area contributed by atoms with Crippen molar-refractivity contribution in [2.24, 2.45) is 0 Å². The Hall–Kier alpha value is -3.73. The average Bonchev–Trinajstić information content (AvgIpc) is 3.21. The van der Waals surface area contributed by atoms with Gasteiger partial charge in [-0.2, -0.15) is 0 Å². The zero-order chi connectivity index (χ0) is 24.2. The smallest absolute Gasteiger partial charge is 0.196 e. The van der Waals surface area contributed by atoms with Crippen molar-refractivity contribution in [2.45, 2.75) is 13.5 Å². The van der Waals surface area contributed by atoms with E-state index in [-0.39, 0.29) is 5.78 Å². The third kappa shape index (κ3) is 3.25. The summed E-state index contributed by atoms with van der Waals surface area (Å²) < 4.78 is 7.84. The van der Waals surface area contributed by atoms with E-state index in [1.807, 2.05) is 12.1 Å². The van der Waals surface area contributed by atoms with Crippen molar-refractivity contribution in [1.29, 1.82) is 0 Å². The Morgan fingerprint density at radius 2 is 1.44 bits per heavy atom. The van der Waals surface area contributed by atoms with Crippen molar-refractivity contribution in [1.82, 2.24) is 9.47 Å². The first kappa shape index (κ1) is 21.5. The van der Waals surface area contributed by atoms with E-state index in [0.717, 1.165) is 72.5 Å². The van der Waals surface area contributed by atoms with Crippen LogP contribution in [-0.2, 0) is 11.3 Å². The van der Waals surface area contributed by atoms with Crippen molar-refractivity contribution in [3.63, 3.8) is 0 Å². The van der Waals surface area contributed by atoms with Crippen LogP contribution in [0, 0.1) is 6.92 Å². The second kappa shape index (κ2) is 8.44. The Morgan fingerprint density at radius 1 is 0.750 bits per heavy atom. The molecule has 4 heteroatoms. The number of para-hydroxylation sites is 1. The third-order valence-electron chi connectivity index (χ3n) is 7.97. The van der Waals surface area contributed by atoms with E-state index in [0.29, 0.717) is 0 Å². The van der Waals surface area contributed by atoms with E-state index in [4.69, 9.17) is 4.74 Å². The summed E-state index contributed by atoms with van der Waals surface area (Å²) in [5.74, 6) is 0.103. The average molecular weight is 473 g/mol. The Labute approximate surface area is 210 Å². The molecular formula is C32H28N2O2. The number of aromatic nitrogens is 1. The van der Waals surface area contributed by atoms with Gasteiger partial charge in [-0.1, -0.05) is 66.7 Å². The van der Waals surface area contributed by atoms with Gasteiger partial charge in [-0.15, -0.1) is 0 Å². The summed E-state index contributed by atoms with van der Waals surface area (Å²) >= 11 is 0. The standard InChI is InChI=1S/C32H28N2O2/c1-21-29(27-7-2-3-8-28(27)34(21)16-15-33-17-19-36-20-18-33)32(35)26-14-12-24-10-9-22-5-4-6-23-11-13-25(26)31(24)30(22)23/h2-14H,15-20H2,1H3. The number of ether oxygens (including phenoxy) is 1. The summed E-state index contributed by atoms with van der Waals surface area (Å²) in [6.45, 7) is 7.43. The van der Waals surface area contributed by atoms with Crippen molar-refractivity contribution >= 4 is 49.0 Å². The number of morpholine rings is 1. The number of nitrogens with zero attached hydrogens (tertiary/aromatic N) is 2. The zero-order valence-corrected chi connectivity index (χ0v) is 20.5. The maximum atomic E-state index is 14.3. The quantitative estimate of drug-likeness (QED) is 0.215. The number of fused-ring (bicyclic) bond motifs is 1. The van der Waals surface area contributed by atoms with Crippen LogP contribution in [0.25, 0.3) is 43.2 Å². The second-order valence-corrected chi connectivity index (χ2v) is 9.88. The molecule has 4 nitrogen and oxygen atoms in total. The second-order valence-electron chi connectivity index (χ2n) is 9.88. The molecule has 6 aromatic rings. The molecule has 1 aliphatic rings. The summed E-state index contributed by atoms with van der Waals surface area (Å²) in [6.07, 6.45) is 0. The van der Waals surface area contributed by atoms with Gasteiger partial charge >= 0.3 is 0 Å². The largest absolute Gasteiger partial charge is 0.379 e. The predicted molar refractivity (Wildman–Crippen MR) is 148 cm³/mol. The molecule has 2 heterocycles. The fourth-order valence-corrected chi connectivity index (χ4v) is 6.14. The van der Waals surface area contributed by atoms with Gasteiger partial charge in [-0.3, -0.25) is 9.69 Å². The van der Waals surface area contributed by atoms with Gasteiger partial charge in [-0.05, 0) is 51.4 Å². The maximum Gasteiger partial charge on any atom is 0.196 e. The van der Waals surface area contributed by atoms with E-state index in [2.05, 4.69) is 83.1 Å². The number of hydrogen-bond donors (Lipinski definition) is 0. The molecule has 178 valence electrons. The van der Waals surface area contributed by atoms with E-state index in [1.54, 1.807) is 0 Å². The van der Waals surface area contributed by atoms with Gasteiger partial charge in [0.1, 0.15) is 0 Å². The molecule has 0 N–H and O–H groups in total. The van der Waals surface area contributed by atoms with Crippen LogP contribution in [0.4, 0.5) is 0 Å². The predicted octanol–water partition coefficient (Wildman–Crippen LogP) is 6.41. The Morgan fingerprint density at radius 3 is 2.25 bits per heavy atom. The number of benzene rings is 5. The summed E-state index contributed by atoms with van der Waals surface area (Å²) in [4.78, 5) is 16.8. The molecule has 0 unspecified atom stereocenters. The lowest BCUT2D eigenvalue weighted by Gasteiger charge is -2.27. The Bertz CT molecular complexity index is 1740. The molecule has 0 radical (unpaired) electrons. The number of carbonyl (C=O) groups excluding carboxylic acids is 1. The van der Waals surface area contributed by atoms with Gasteiger partial charge in [0, 0.05) is 48.3 Å². The van der Waals surface area contributed by atoms with Crippen LogP contribution in [0.5, 0.6) is 0 Å². The van der Waals surface area contributed by atoms with Gasteiger partial charge in [0.05, 0.1) is 18.8 Å². The van der Waals surface area contributed by atoms with Gasteiger partial charge in [0.2, 0.25) is 0 Å². The summed E-state index contributed by atoms with van der Waals surface area (Å²) in [5, 5.41) is 8.10. The molecule has 1 aliphatic heterocycles. The minimum atomic E-state index is 0.103. The molecule has 0 bridgehead atoms. The van der Waals surface area contributed by atoms with E-state index < -0.39 is 0 Å². The SMILES string of the molecule is Cc1c(C(=O)c2ccc3ccc4cccc5ccc2c3c45)c2ccccc2n1CCN1CCOCC1. The number of rotatable bonds is 5. The molecule has 0 saturated carbocycles. The fraction of sp³-hybridized carbons (Fsp3) is 0.219. The molecule has 0 aliphatic carbocycles. The molecule has 0 spiro atoms. The van der Waals surface area contributed by atoms with Crippen molar-refractivity contribution in [2.75, 3.05) is 32.8 Å². The molecule has 5 aromatic carbocycles. The lowest BCUT2D eigenvalue weighted by Crippen LogP contribution is -2.38. The van der Waals surface area contributed by atoms with Crippen molar-refractivity contribution in [3.8, 4) is 0 Å². The number of carbonyl (C=O) groups is 1. The van der Waals surface area contributed by atoms with Crippen molar-refractivity contribution < 1.29 is 9.53 Å².